The van der Waals surface area contributed by atoms with Crippen molar-refractivity contribution in [2.24, 2.45) is 0 Å². The monoisotopic (exact) mass is 204 g/mol. The van der Waals surface area contributed by atoms with Crippen LogP contribution < -0.4 is 4.74 Å². The molecule has 2 nitrogen and oxygen atoms in total. The van der Waals surface area contributed by atoms with Crippen molar-refractivity contribution >= 4 is 5.97 Å². The minimum absolute atomic E-state index is 0.289. The molecule has 0 aliphatic heterocycles. The zero-order chi connectivity index (χ0) is 11.4. The number of hydrogen-bond acceptors (Lipinski definition) is 2. The van der Waals surface area contributed by atoms with Gasteiger partial charge in [-0.1, -0.05) is 12.1 Å². The summed E-state index contributed by atoms with van der Waals surface area (Å²) in [6, 6.07) is 5.75. The van der Waals surface area contributed by atoms with E-state index in [1.807, 2.05) is 39.0 Å². The van der Waals surface area contributed by atoms with E-state index in [4.69, 9.17) is 4.74 Å². The molecule has 0 bridgehead atoms. The van der Waals surface area contributed by atoms with Crippen LogP contribution in [0.15, 0.2) is 29.8 Å². The summed E-state index contributed by atoms with van der Waals surface area (Å²) < 4.78 is 5.22. The highest BCUT2D eigenvalue weighted by Crippen LogP contribution is 2.17. The van der Waals surface area contributed by atoms with E-state index in [2.05, 4.69) is 0 Å². The smallest absolute Gasteiger partial charge is 0.338 e. The zero-order valence-electron chi connectivity index (χ0n) is 9.63. The van der Waals surface area contributed by atoms with Crippen molar-refractivity contribution in [1.82, 2.24) is 0 Å². The number of carbonyl (C=O) groups is 1. The van der Waals surface area contributed by atoms with Gasteiger partial charge in [0.05, 0.1) is 0 Å². The Bertz CT molecular complexity index is 383. The molecule has 0 N–H and O–H groups in total. The van der Waals surface area contributed by atoms with Crippen LogP contribution in [0.5, 0.6) is 5.75 Å². The van der Waals surface area contributed by atoms with E-state index in [9.17, 15) is 4.79 Å². The Morgan fingerprint density at radius 3 is 2.20 bits per heavy atom. The van der Waals surface area contributed by atoms with Crippen molar-refractivity contribution in [2.75, 3.05) is 0 Å². The Morgan fingerprint density at radius 2 is 1.73 bits per heavy atom. The van der Waals surface area contributed by atoms with E-state index < -0.39 is 0 Å². The highest BCUT2D eigenvalue weighted by atomic mass is 16.5. The fraction of sp³-hybridized carbons (Fsp3) is 0.308. The largest absolute Gasteiger partial charge is 0.423 e. The highest BCUT2D eigenvalue weighted by Gasteiger charge is 2.06. The van der Waals surface area contributed by atoms with Crippen molar-refractivity contribution in [2.45, 2.75) is 27.7 Å². The fourth-order valence-corrected chi connectivity index (χ4v) is 1.30. The molecule has 0 saturated heterocycles. The average molecular weight is 204 g/mol. The molecule has 1 aromatic carbocycles. The lowest BCUT2D eigenvalue weighted by molar-refractivity contribution is -0.130. The van der Waals surface area contributed by atoms with Crippen molar-refractivity contribution in [3.8, 4) is 5.75 Å². The Morgan fingerprint density at radius 1 is 1.20 bits per heavy atom. The maximum Gasteiger partial charge on any atom is 0.338 e. The van der Waals surface area contributed by atoms with E-state index in [0.29, 0.717) is 11.3 Å². The number of esters is 1. The van der Waals surface area contributed by atoms with Crippen LogP contribution in [0.2, 0.25) is 0 Å². The van der Waals surface area contributed by atoms with Gasteiger partial charge in [-0.25, -0.2) is 4.79 Å². The quantitative estimate of drug-likeness (QED) is 0.420. The molecule has 0 atom stereocenters. The first-order valence-corrected chi connectivity index (χ1v) is 4.96. The van der Waals surface area contributed by atoms with Gasteiger partial charge in [0, 0.05) is 5.57 Å². The van der Waals surface area contributed by atoms with Crippen molar-refractivity contribution in [1.29, 1.82) is 0 Å². The standard InChI is InChI=1S/C13H16O2/c1-5-11(4)13(14)15-12-7-9(2)6-10(3)8-12/h5-8H,1-4H3. The molecule has 80 valence electrons. The van der Waals surface area contributed by atoms with Gasteiger partial charge < -0.3 is 4.74 Å². The maximum atomic E-state index is 11.5. The number of carbonyl (C=O) groups excluding carboxylic acids is 1. The molecule has 0 radical (unpaired) electrons. The molecule has 0 heterocycles. The number of aryl methyl sites for hydroxylation is 2. The van der Waals surface area contributed by atoms with E-state index in [0.717, 1.165) is 11.1 Å². The number of hydrogen-bond donors (Lipinski definition) is 0. The van der Waals surface area contributed by atoms with Crippen LogP contribution >= 0.6 is 0 Å². The molecule has 0 spiro atoms. The summed E-state index contributed by atoms with van der Waals surface area (Å²) >= 11 is 0. The maximum absolute atomic E-state index is 11.5. The number of ether oxygens (including phenoxy) is 1. The predicted molar refractivity (Wildman–Crippen MR) is 61.0 cm³/mol. The van der Waals surface area contributed by atoms with Crippen LogP contribution in [-0.2, 0) is 4.79 Å². The number of rotatable bonds is 2. The lowest BCUT2D eigenvalue weighted by Gasteiger charge is -2.06. The van der Waals surface area contributed by atoms with Crippen LogP contribution in [0.4, 0.5) is 0 Å². The van der Waals surface area contributed by atoms with E-state index in [1.54, 1.807) is 13.0 Å². The second-order valence-corrected chi connectivity index (χ2v) is 3.68. The van der Waals surface area contributed by atoms with Crippen LogP contribution in [-0.4, -0.2) is 5.97 Å². The first-order chi connectivity index (χ1) is 7.02. The second-order valence-electron chi connectivity index (χ2n) is 3.68. The third-order valence-electron chi connectivity index (χ3n) is 2.16. The molecule has 1 rings (SSSR count). The molecule has 2 heteroatoms. The molecule has 1 aromatic rings. The van der Waals surface area contributed by atoms with Gasteiger partial charge in [0.15, 0.2) is 0 Å². The number of benzene rings is 1. The second kappa shape index (κ2) is 4.78. The molecule has 0 amide bonds. The molecule has 0 aliphatic rings. The number of allylic oxidation sites excluding steroid dienone is 1. The van der Waals surface area contributed by atoms with Crippen molar-refractivity contribution in [3.05, 3.63) is 41.0 Å². The summed E-state index contributed by atoms with van der Waals surface area (Å²) in [7, 11) is 0. The van der Waals surface area contributed by atoms with Crippen molar-refractivity contribution in [3.63, 3.8) is 0 Å². The Balaban J connectivity index is 2.86. The highest BCUT2D eigenvalue weighted by molar-refractivity contribution is 5.89. The summed E-state index contributed by atoms with van der Waals surface area (Å²) in [6.45, 7) is 7.52. The van der Waals surface area contributed by atoms with Crippen LogP contribution in [0, 0.1) is 13.8 Å². The summed E-state index contributed by atoms with van der Waals surface area (Å²) in [4.78, 5) is 11.5. The van der Waals surface area contributed by atoms with Gasteiger partial charge in [0.25, 0.3) is 0 Å². The molecule has 0 unspecified atom stereocenters. The van der Waals surface area contributed by atoms with Crippen LogP contribution in [0.1, 0.15) is 25.0 Å². The molecular formula is C13H16O2. The first-order valence-electron chi connectivity index (χ1n) is 4.96. The third kappa shape index (κ3) is 3.24. The SMILES string of the molecule is CC=C(C)C(=O)Oc1cc(C)cc(C)c1. The average Bonchev–Trinajstić information content (AvgIpc) is 2.14. The molecule has 0 saturated carbocycles. The molecule has 0 aliphatic carbocycles. The van der Waals surface area contributed by atoms with E-state index in [1.165, 1.54) is 0 Å². The first kappa shape index (κ1) is 11.5. The topological polar surface area (TPSA) is 26.3 Å². The molecule has 15 heavy (non-hydrogen) atoms. The minimum atomic E-state index is -0.289. The molecule has 0 fully saturated rings. The van der Waals surface area contributed by atoms with Gasteiger partial charge >= 0.3 is 5.97 Å². The minimum Gasteiger partial charge on any atom is -0.423 e. The lowest BCUT2D eigenvalue weighted by atomic mass is 10.1. The zero-order valence-corrected chi connectivity index (χ0v) is 9.63. The summed E-state index contributed by atoms with van der Waals surface area (Å²) in [6.07, 6.45) is 1.74. The van der Waals surface area contributed by atoms with Crippen LogP contribution in [0.3, 0.4) is 0 Å². The summed E-state index contributed by atoms with van der Waals surface area (Å²) in [5.74, 6) is 0.321. The Kier molecular flexibility index (Phi) is 3.67. The fourth-order valence-electron chi connectivity index (χ4n) is 1.30. The predicted octanol–water partition coefficient (Wildman–Crippen LogP) is 3.18. The van der Waals surface area contributed by atoms with Crippen molar-refractivity contribution < 1.29 is 9.53 Å². The van der Waals surface area contributed by atoms with Gasteiger partial charge in [-0.3, -0.25) is 0 Å². The van der Waals surface area contributed by atoms with Crippen LogP contribution in [0.25, 0.3) is 0 Å². The Hall–Kier alpha value is -1.57. The van der Waals surface area contributed by atoms with E-state index in [-0.39, 0.29) is 5.97 Å². The third-order valence-corrected chi connectivity index (χ3v) is 2.16. The molecular weight excluding hydrogens is 188 g/mol. The summed E-state index contributed by atoms with van der Waals surface area (Å²) in [5, 5.41) is 0. The summed E-state index contributed by atoms with van der Waals surface area (Å²) in [5.41, 5.74) is 2.81. The molecule has 0 aromatic heterocycles. The van der Waals surface area contributed by atoms with Gasteiger partial charge in [-0.15, -0.1) is 0 Å². The van der Waals surface area contributed by atoms with Gasteiger partial charge in [-0.05, 0) is 51.0 Å². The Labute approximate surface area is 90.6 Å². The lowest BCUT2D eigenvalue weighted by Crippen LogP contribution is -2.09. The van der Waals surface area contributed by atoms with E-state index >= 15 is 0 Å². The van der Waals surface area contributed by atoms with Gasteiger partial charge in [0.2, 0.25) is 0 Å². The van der Waals surface area contributed by atoms with Gasteiger partial charge in [-0.2, -0.15) is 0 Å². The van der Waals surface area contributed by atoms with Gasteiger partial charge in [0.1, 0.15) is 5.75 Å². The normalized spacial score (nSPS) is 11.3.